The summed E-state index contributed by atoms with van der Waals surface area (Å²) in [5.41, 5.74) is 7.51. The van der Waals surface area contributed by atoms with E-state index in [0.717, 1.165) is 23.3 Å². The van der Waals surface area contributed by atoms with Crippen LogP contribution in [0.1, 0.15) is 11.1 Å². The second-order valence-corrected chi connectivity index (χ2v) is 6.22. The largest absolute Gasteiger partial charge is 0.396 e. The van der Waals surface area contributed by atoms with E-state index in [1.165, 1.54) is 6.07 Å². The summed E-state index contributed by atoms with van der Waals surface area (Å²) >= 11 is 0. The van der Waals surface area contributed by atoms with Crippen LogP contribution in [0.25, 0.3) is 0 Å². The van der Waals surface area contributed by atoms with Crippen LogP contribution in [0.3, 0.4) is 0 Å². The highest BCUT2D eigenvalue weighted by atomic mass is 32.2. The zero-order valence-electron chi connectivity index (χ0n) is 11.1. The van der Waals surface area contributed by atoms with Crippen LogP contribution < -0.4 is 10.5 Å². The third-order valence-corrected chi connectivity index (χ3v) is 4.49. The normalized spacial score (nSPS) is 11.3. The van der Waals surface area contributed by atoms with Crippen molar-refractivity contribution in [3.63, 3.8) is 0 Å². The maximum Gasteiger partial charge on any atom is 0.261 e. The molecule has 0 unspecified atom stereocenters. The van der Waals surface area contributed by atoms with Crippen molar-refractivity contribution in [1.29, 1.82) is 0 Å². The number of rotatable bonds is 3. The minimum absolute atomic E-state index is 0.0719. The summed E-state index contributed by atoms with van der Waals surface area (Å²) in [5, 5.41) is 0. The maximum atomic E-state index is 13.1. The Morgan fingerprint density at radius 2 is 1.85 bits per heavy atom. The lowest BCUT2D eigenvalue weighted by Crippen LogP contribution is -2.14. The van der Waals surface area contributed by atoms with Crippen LogP contribution in [-0.4, -0.2) is 8.42 Å². The van der Waals surface area contributed by atoms with Gasteiger partial charge in [-0.2, -0.15) is 0 Å². The highest BCUT2D eigenvalue weighted by Gasteiger charge is 2.17. The second kappa shape index (κ2) is 5.13. The molecule has 0 radical (unpaired) electrons. The number of nitrogen functional groups attached to an aromatic ring is 1. The van der Waals surface area contributed by atoms with Crippen LogP contribution in [0, 0.1) is 19.7 Å². The van der Waals surface area contributed by atoms with E-state index in [2.05, 4.69) is 4.72 Å². The van der Waals surface area contributed by atoms with Crippen LogP contribution in [0.15, 0.2) is 41.3 Å². The van der Waals surface area contributed by atoms with Crippen LogP contribution in [0.4, 0.5) is 15.8 Å². The van der Waals surface area contributed by atoms with Gasteiger partial charge in [-0.3, -0.25) is 4.72 Å². The quantitative estimate of drug-likeness (QED) is 0.855. The molecular formula is C14H15FN2O2S. The van der Waals surface area contributed by atoms with E-state index in [0.29, 0.717) is 5.69 Å². The molecule has 0 saturated carbocycles. The zero-order chi connectivity index (χ0) is 14.9. The van der Waals surface area contributed by atoms with Gasteiger partial charge in [-0.15, -0.1) is 0 Å². The lowest BCUT2D eigenvalue weighted by Gasteiger charge is -2.12. The van der Waals surface area contributed by atoms with Gasteiger partial charge in [0, 0.05) is 0 Å². The maximum absolute atomic E-state index is 13.1. The van der Waals surface area contributed by atoms with E-state index in [1.807, 2.05) is 19.9 Å². The first-order valence-electron chi connectivity index (χ1n) is 5.95. The minimum Gasteiger partial charge on any atom is -0.396 e. The highest BCUT2D eigenvalue weighted by Crippen LogP contribution is 2.23. The van der Waals surface area contributed by atoms with Gasteiger partial charge >= 0.3 is 0 Å². The van der Waals surface area contributed by atoms with Crippen molar-refractivity contribution >= 4 is 21.4 Å². The van der Waals surface area contributed by atoms with Gasteiger partial charge < -0.3 is 5.73 Å². The van der Waals surface area contributed by atoms with Gasteiger partial charge in [0.05, 0.1) is 16.3 Å². The molecule has 20 heavy (non-hydrogen) atoms. The van der Waals surface area contributed by atoms with Gasteiger partial charge in [-0.25, -0.2) is 12.8 Å². The van der Waals surface area contributed by atoms with Gasteiger partial charge in [0.25, 0.3) is 10.0 Å². The second-order valence-electron chi connectivity index (χ2n) is 4.54. The number of hydrogen-bond acceptors (Lipinski definition) is 3. The minimum atomic E-state index is -3.79. The zero-order valence-corrected chi connectivity index (χ0v) is 12.0. The average molecular weight is 294 g/mol. The molecule has 0 aliphatic carbocycles. The van der Waals surface area contributed by atoms with E-state index < -0.39 is 15.8 Å². The van der Waals surface area contributed by atoms with Crippen LogP contribution in [-0.2, 0) is 10.0 Å². The van der Waals surface area contributed by atoms with Crippen molar-refractivity contribution in [1.82, 2.24) is 0 Å². The Bertz CT molecular complexity index is 758. The number of aryl methyl sites for hydroxylation is 1. The standard InChI is InChI=1S/C14H15FN2O2S/c1-9-4-3-5-14(10(9)2)17-20(18,19)11-6-7-12(15)13(16)8-11/h3-8,17H,16H2,1-2H3. The van der Waals surface area contributed by atoms with E-state index >= 15 is 0 Å². The predicted molar refractivity (Wildman–Crippen MR) is 77.5 cm³/mol. The van der Waals surface area contributed by atoms with Gasteiger partial charge in [-0.05, 0) is 49.2 Å². The summed E-state index contributed by atoms with van der Waals surface area (Å²) in [6.07, 6.45) is 0. The fourth-order valence-electron chi connectivity index (χ4n) is 1.75. The number of nitrogens with one attached hydrogen (secondary N) is 1. The third kappa shape index (κ3) is 2.75. The molecule has 0 atom stereocenters. The molecule has 2 rings (SSSR count). The Kier molecular flexibility index (Phi) is 3.67. The molecule has 0 spiro atoms. The van der Waals surface area contributed by atoms with Gasteiger partial charge in [0.1, 0.15) is 5.82 Å². The summed E-state index contributed by atoms with van der Waals surface area (Å²) in [6.45, 7) is 3.72. The van der Waals surface area contributed by atoms with Crippen molar-refractivity contribution < 1.29 is 12.8 Å². The van der Waals surface area contributed by atoms with Gasteiger partial charge in [-0.1, -0.05) is 12.1 Å². The first kappa shape index (κ1) is 14.3. The molecule has 0 aromatic heterocycles. The fraction of sp³-hybridized carbons (Fsp3) is 0.143. The highest BCUT2D eigenvalue weighted by molar-refractivity contribution is 7.92. The summed E-state index contributed by atoms with van der Waals surface area (Å²) < 4.78 is 40.1. The number of anilines is 2. The molecule has 2 aromatic rings. The predicted octanol–water partition coefficient (Wildman–Crippen LogP) is 2.83. The van der Waals surface area contributed by atoms with Crippen molar-refractivity contribution in [2.45, 2.75) is 18.7 Å². The third-order valence-electron chi connectivity index (χ3n) is 3.13. The molecule has 0 saturated heterocycles. The number of hydrogen-bond donors (Lipinski definition) is 2. The topological polar surface area (TPSA) is 72.2 Å². The first-order valence-corrected chi connectivity index (χ1v) is 7.43. The summed E-state index contributed by atoms with van der Waals surface area (Å²) in [7, 11) is -3.79. The van der Waals surface area contributed by atoms with Crippen molar-refractivity contribution in [2.24, 2.45) is 0 Å². The van der Waals surface area contributed by atoms with E-state index in [4.69, 9.17) is 5.73 Å². The summed E-state index contributed by atoms with van der Waals surface area (Å²) in [6, 6.07) is 8.64. The van der Waals surface area contributed by atoms with Crippen molar-refractivity contribution in [3.8, 4) is 0 Å². The Hall–Kier alpha value is -2.08. The Morgan fingerprint density at radius 3 is 2.50 bits per heavy atom. The SMILES string of the molecule is Cc1cccc(NS(=O)(=O)c2ccc(F)c(N)c2)c1C. The molecule has 0 heterocycles. The molecular weight excluding hydrogens is 279 g/mol. The lowest BCUT2D eigenvalue weighted by atomic mass is 10.1. The summed E-state index contributed by atoms with van der Waals surface area (Å²) in [4.78, 5) is -0.0719. The van der Waals surface area contributed by atoms with E-state index in [-0.39, 0.29) is 10.6 Å². The monoisotopic (exact) mass is 294 g/mol. The van der Waals surface area contributed by atoms with Gasteiger partial charge in [0.2, 0.25) is 0 Å². The Labute approximate surface area is 117 Å². The molecule has 3 N–H and O–H groups in total. The van der Waals surface area contributed by atoms with Crippen LogP contribution in [0.2, 0.25) is 0 Å². The molecule has 0 fully saturated rings. The average Bonchev–Trinajstić information content (AvgIpc) is 2.38. The Balaban J connectivity index is 2.41. The van der Waals surface area contributed by atoms with E-state index in [9.17, 15) is 12.8 Å². The number of benzene rings is 2. The number of halogens is 1. The molecule has 0 bridgehead atoms. The van der Waals surface area contributed by atoms with Crippen molar-refractivity contribution in [3.05, 3.63) is 53.3 Å². The van der Waals surface area contributed by atoms with E-state index in [1.54, 1.807) is 12.1 Å². The Morgan fingerprint density at radius 1 is 1.15 bits per heavy atom. The molecule has 0 aliphatic rings. The molecule has 106 valence electrons. The van der Waals surface area contributed by atoms with Crippen LogP contribution >= 0.6 is 0 Å². The van der Waals surface area contributed by atoms with Crippen LogP contribution in [0.5, 0.6) is 0 Å². The van der Waals surface area contributed by atoms with Gasteiger partial charge in [0.15, 0.2) is 0 Å². The molecule has 0 aliphatic heterocycles. The number of sulfonamides is 1. The number of nitrogens with two attached hydrogens (primary N) is 1. The summed E-state index contributed by atoms with van der Waals surface area (Å²) in [5.74, 6) is -0.643. The fourth-order valence-corrected chi connectivity index (χ4v) is 2.91. The molecule has 4 nitrogen and oxygen atoms in total. The molecule has 6 heteroatoms. The smallest absolute Gasteiger partial charge is 0.261 e. The van der Waals surface area contributed by atoms with Crippen molar-refractivity contribution in [2.75, 3.05) is 10.5 Å². The lowest BCUT2D eigenvalue weighted by molar-refractivity contribution is 0.600. The molecule has 2 aromatic carbocycles. The molecule has 0 amide bonds. The first-order chi connectivity index (χ1) is 9.31.